The Kier molecular flexibility index (Phi) is 7.29. The summed E-state index contributed by atoms with van der Waals surface area (Å²) in [5, 5.41) is 19.6. The molecule has 3 atom stereocenters. The minimum absolute atomic E-state index is 0.158. The van der Waals surface area contributed by atoms with Gasteiger partial charge in [0.2, 0.25) is 0 Å². The summed E-state index contributed by atoms with van der Waals surface area (Å²) >= 11 is 0. The largest absolute Gasteiger partial charge is 0.418 e. The molecule has 0 fully saturated rings. The van der Waals surface area contributed by atoms with Crippen molar-refractivity contribution in [3.63, 3.8) is 0 Å². The molecule has 0 aromatic rings. The number of unbranched alkanes of at least 4 members (excludes halogenated alkanes) is 2. The maximum atomic E-state index is 9.94. The van der Waals surface area contributed by atoms with Gasteiger partial charge >= 0.3 is 0 Å². The molecule has 0 spiro atoms. The molecule has 0 amide bonds. The highest BCUT2D eigenvalue weighted by atomic mass is 28.4. The van der Waals surface area contributed by atoms with Gasteiger partial charge in [-0.25, -0.2) is 0 Å². The molecule has 1 aliphatic rings. The summed E-state index contributed by atoms with van der Waals surface area (Å²) in [7, 11) is -1.36. The summed E-state index contributed by atoms with van der Waals surface area (Å²) in [6.07, 6.45) is 9.01. The van der Waals surface area contributed by atoms with Gasteiger partial charge in [-0.1, -0.05) is 25.0 Å². The van der Waals surface area contributed by atoms with E-state index >= 15 is 0 Å². The van der Waals surface area contributed by atoms with Crippen molar-refractivity contribution in [2.75, 3.05) is 6.61 Å². The van der Waals surface area contributed by atoms with Crippen molar-refractivity contribution in [2.45, 2.75) is 70.4 Å². The predicted molar refractivity (Wildman–Crippen MR) is 81.6 cm³/mol. The number of hydrogen-bond donors (Lipinski definition) is 2. The van der Waals surface area contributed by atoms with Crippen molar-refractivity contribution in [2.24, 2.45) is 5.92 Å². The molecule has 1 rings (SSSR count). The Morgan fingerprint density at radius 3 is 2.58 bits per heavy atom. The molecule has 3 nitrogen and oxygen atoms in total. The van der Waals surface area contributed by atoms with Crippen LogP contribution in [0.5, 0.6) is 0 Å². The average Bonchev–Trinajstić information content (AvgIpc) is 2.68. The third-order valence-electron chi connectivity index (χ3n) is 3.52. The molecule has 0 bridgehead atoms. The predicted octanol–water partition coefficient (Wildman–Crippen LogP) is 3.09. The van der Waals surface area contributed by atoms with Gasteiger partial charge in [0, 0.05) is 12.5 Å². The van der Waals surface area contributed by atoms with Gasteiger partial charge in [0.15, 0.2) is 8.32 Å². The van der Waals surface area contributed by atoms with Gasteiger partial charge in [-0.2, -0.15) is 0 Å². The molecule has 0 saturated carbocycles. The lowest BCUT2D eigenvalue weighted by Crippen LogP contribution is -2.25. The highest BCUT2D eigenvalue weighted by Crippen LogP contribution is 2.24. The number of aliphatic hydroxyl groups is 2. The Balaban J connectivity index is 1.98. The van der Waals surface area contributed by atoms with Crippen LogP contribution in [0.2, 0.25) is 19.6 Å². The third kappa shape index (κ3) is 7.87. The molecule has 0 aliphatic heterocycles. The molecular weight excluding hydrogens is 256 g/mol. The van der Waals surface area contributed by atoms with Gasteiger partial charge in [0.05, 0.1) is 12.2 Å². The normalized spacial score (nSPS) is 24.9. The molecule has 0 radical (unpaired) electrons. The number of rotatable bonds is 9. The van der Waals surface area contributed by atoms with Gasteiger partial charge in [0.1, 0.15) is 0 Å². The van der Waals surface area contributed by atoms with Gasteiger partial charge in [-0.15, -0.1) is 0 Å². The van der Waals surface area contributed by atoms with Crippen molar-refractivity contribution in [3.05, 3.63) is 12.2 Å². The molecule has 0 saturated heterocycles. The van der Waals surface area contributed by atoms with Crippen molar-refractivity contribution in [3.8, 4) is 0 Å². The molecule has 19 heavy (non-hydrogen) atoms. The van der Waals surface area contributed by atoms with Crippen LogP contribution >= 0.6 is 0 Å². The van der Waals surface area contributed by atoms with Gasteiger partial charge in [-0.3, -0.25) is 0 Å². The van der Waals surface area contributed by atoms with Gasteiger partial charge in [0.25, 0.3) is 0 Å². The van der Waals surface area contributed by atoms with Gasteiger partial charge in [-0.05, 0) is 45.3 Å². The molecule has 1 unspecified atom stereocenters. The minimum Gasteiger partial charge on any atom is -0.418 e. The Hall–Kier alpha value is -0.163. The molecule has 1 aliphatic carbocycles. The zero-order valence-electron chi connectivity index (χ0n) is 12.6. The first-order valence-electron chi connectivity index (χ1n) is 7.55. The van der Waals surface area contributed by atoms with E-state index in [1.807, 2.05) is 12.2 Å². The van der Waals surface area contributed by atoms with Crippen LogP contribution in [-0.2, 0) is 4.43 Å². The second-order valence-electron chi connectivity index (χ2n) is 6.59. The van der Waals surface area contributed by atoms with Crippen LogP contribution in [0.4, 0.5) is 0 Å². The second-order valence-corrected chi connectivity index (χ2v) is 11.1. The molecule has 0 aromatic carbocycles. The first-order chi connectivity index (χ1) is 8.88. The van der Waals surface area contributed by atoms with Crippen LogP contribution in [0.25, 0.3) is 0 Å². The van der Waals surface area contributed by atoms with Crippen LogP contribution in [0.15, 0.2) is 12.2 Å². The first-order valence-corrected chi connectivity index (χ1v) is 11.0. The van der Waals surface area contributed by atoms with E-state index < -0.39 is 8.32 Å². The van der Waals surface area contributed by atoms with Crippen LogP contribution in [0.3, 0.4) is 0 Å². The van der Waals surface area contributed by atoms with Crippen molar-refractivity contribution in [1.82, 2.24) is 0 Å². The van der Waals surface area contributed by atoms with E-state index in [0.29, 0.717) is 6.42 Å². The fraction of sp³-hybridized carbons (Fsp3) is 0.867. The van der Waals surface area contributed by atoms with Gasteiger partial charge < -0.3 is 14.6 Å². The fourth-order valence-corrected chi connectivity index (χ4v) is 3.16. The van der Waals surface area contributed by atoms with E-state index in [2.05, 4.69) is 19.6 Å². The summed E-state index contributed by atoms with van der Waals surface area (Å²) in [6.45, 7) is 7.47. The molecular formula is C15H30O3Si. The Morgan fingerprint density at radius 1 is 1.26 bits per heavy atom. The van der Waals surface area contributed by atoms with Crippen LogP contribution in [0, 0.1) is 5.92 Å². The van der Waals surface area contributed by atoms with Crippen molar-refractivity contribution >= 4 is 8.32 Å². The number of aliphatic hydroxyl groups excluding tert-OH is 2. The van der Waals surface area contributed by atoms with E-state index in [0.717, 1.165) is 38.7 Å². The second kappa shape index (κ2) is 8.20. The summed E-state index contributed by atoms with van der Waals surface area (Å²) in [5.74, 6) is 0.158. The van der Waals surface area contributed by atoms with E-state index in [-0.39, 0.29) is 18.1 Å². The zero-order valence-corrected chi connectivity index (χ0v) is 13.6. The highest BCUT2D eigenvalue weighted by molar-refractivity contribution is 6.69. The maximum Gasteiger partial charge on any atom is 0.183 e. The Bertz CT molecular complexity index is 273. The standard InChI is InChI=1S/C15H30O3Si/c1-19(2,3)18-11-6-4-5-9-14(16)12-13-8-7-10-15(13)17/h7-8,13-17H,4-6,9-12H2,1-3H3/t13-,14?,15-/m1/s1. The van der Waals surface area contributed by atoms with Crippen LogP contribution in [0.1, 0.15) is 38.5 Å². The lowest BCUT2D eigenvalue weighted by Gasteiger charge is -2.18. The van der Waals surface area contributed by atoms with Crippen LogP contribution in [-0.4, -0.2) is 37.3 Å². The highest BCUT2D eigenvalue weighted by Gasteiger charge is 2.22. The fourth-order valence-electron chi connectivity index (χ4n) is 2.40. The van der Waals surface area contributed by atoms with Crippen molar-refractivity contribution in [1.29, 1.82) is 0 Å². The first kappa shape index (κ1) is 16.9. The smallest absolute Gasteiger partial charge is 0.183 e. The van der Waals surface area contributed by atoms with E-state index in [1.54, 1.807) is 0 Å². The molecule has 4 heteroatoms. The number of hydrogen-bond acceptors (Lipinski definition) is 3. The third-order valence-corrected chi connectivity index (χ3v) is 4.59. The van der Waals surface area contributed by atoms with E-state index in [4.69, 9.17) is 4.43 Å². The summed E-state index contributed by atoms with van der Waals surface area (Å²) in [4.78, 5) is 0. The SMILES string of the molecule is C[Si](C)(C)OCCCCCC(O)C[C@H]1C=CC[C@H]1O. The Labute approximate surface area is 118 Å². The minimum atomic E-state index is -1.36. The average molecular weight is 286 g/mol. The molecule has 112 valence electrons. The summed E-state index contributed by atoms with van der Waals surface area (Å²) in [6, 6.07) is 0. The zero-order chi connectivity index (χ0) is 14.3. The Morgan fingerprint density at radius 2 is 2.00 bits per heavy atom. The lowest BCUT2D eigenvalue weighted by atomic mass is 9.96. The maximum absolute atomic E-state index is 9.94. The van der Waals surface area contributed by atoms with E-state index in [9.17, 15) is 10.2 Å². The van der Waals surface area contributed by atoms with Crippen LogP contribution < -0.4 is 0 Å². The lowest BCUT2D eigenvalue weighted by molar-refractivity contribution is 0.0845. The molecule has 0 aromatic heterocycles. The van der Waals surface area contributed by atoms with E-state index in [1.165, 1.54) is 0 Å². The van der Waals surface area contributed by atoms with Crippen molar-refractivity contribution < 1.29 is 14.6 Å². The molecule has 0 heterocycles. The topological polar surface area (TPSA) is 49.7 Å². The monoisotopic (exact) mass is 286 g/mol. The summed E-state index contributed by atoms with van der Waals surface area (Å²) in [5.41, 5.74) is 0. The quantitative estimate of drug-likeness (QED) is 0.389. The summed E-state index contributed by atoms with van der Waals surface area (Å²) < 4.78 is 5.79. The molecule has 2 N–H and O–H groups in total.